The lowest BCUT2D eigenvalue weighted by atomic mass is 10.1. The number of nitroso groups, excluding NO2 is 1. The topological polar surface area (TPSA) is 119 Å². The lowest BCUT2D eigenvalue weighted by Crippen LogP contribution is -2.05. The molecular formula is C12H14N6O. The van der Waals surface area contributed by atoms with Gasteiger partial charge in [0.15, 0.2) is 17.3 Å². The Hall–Kier alpha value is -2.70. The zero-order valence-corrected chi connectivity index (χ0v) is 10.6. The summed E-state index contributed by atoms with van der Waals surface area (Å²) in [5.41, 5.74) is 14.0. The molecule has 19 heavy (non-hydrogen) atoms. The van der Waals surface area contributed by atoms with Gasteiger partial charge >= 0.3 is 0 Å². The monoisotopic (exact) mass is 258 g/mol. The summed E-state index contributed by atoms with van der Waals surface area (Å²) < 4.78 is 0. The molecule has 0 radical (unpaired) electrons. The van der Waals surface area contributed by atoms with Crippen molar-refractivity contribution in [2.45, 2.75) is 13.8 Å². The molecule has 1 aromatic carbocycles. The van der Waals surface area contributed by atoms with Crippen LogP contribution in [0.3, 0.4) is 0 Å². The molecule has 0 saturated heterocycles. The Balaban J connectivity index is 2.49. The average molecular weight is 258 g/mol. The second kappa shape index (κ2) is 4.89. The van der Waals surface area contributed by atoms with Gasteiger partial charge in [-0.15, -0.1) is 4.91 Å². The molecule has 0 aliphatic heterocycles. The lowest BCUT2D eigenvalue weighted by molar-refractivity contribution is 1.18. The standard InChI is InChI=1S/C12H14N6O/c1-6-4-3-5-8(7(6)2)15-11-9(18-19)10(13)16-12(14)17-11/h3-5H,1-2H3,(H5,13,14,15,16,17). The van der Waals surface area contributed by atoms with Crippen LogP contribution in [-0.2, 0) is 0 Å². The van der Waals surface area contributed by atoms with Crippen molar-refractivity contribution >= 4 is 29.0 Å². The van der Waals surface area contributed by atoms with Crippen LogP contribution in [0, 0.1) is 18.8 Å². The van der Waals surface area contributed by atoms with Crippen LogP contribution >= 0.6 is 0 Å². The number of nitrogens with one attached hydrogen (secondary N) is 1. The van der Waals surface area contributed by atoms with Crippen molar-refractivity contribution < 1.29 is 0 Å². The van der Waals surface area contributed by atoms with Crippen molar-refractivity contribution in [2.24, 2.45) is 5.18 Å². The molecule has 0 amide bonds. The highest BCUT2D eigenvalue weighted by Crippen LogP contribution is 2.32. The third-order valence-corrected chi connectivity index (χ3v) is 2.88. The third-order valence-electron chi connectivity index (χ3n) is 2.88. The molecule has 0 unspecified atom stereocenters. The Bertz CT molecular complexity index is 640. The fraction of sp³-hybridized carbons (Fsp3) is 0.167. The molecular weight excluding hydrogens is 244 g/mol. The number of benzene rings is 1. The molecule has 1 aromatic heterocycles. The number of hydrogen-bond acceptors (Lipinski definition) is 7. The molecule has 1 heterocycles. The van der Waals surface area contributed by atoms with Crippen LogP contribution in [0.1, 0.15) is 11.1 Å². The van der Waals surface area contributed by atoms with Crippen LogP contribution in [0.2, 0.25) is 0 Å². The molecule has 0 fully saturated rings. The molecule has 7 heteroatoms. The summed E-state index contributed by atoms with van der Waals surface area (Å²) in [5, 5.41) is 5.85. The van der Waals surface area contributed by atoms with Crippen LogP contribution in [0.4, 0.5) is 29.0 Å². The molecule has 5 N–H and O–H groups in total. The summed E-state index contributed by atoms with van der Waals surface area (Å²) >= 11 is 0. The van der Waals surface area contributed by atoms with E-state index in [0.717, 1.165) is 16.8 Å². The van der Waals surface area contributed by atoms with Crippen molar-refractivity contribution in [2.75, 3.05) is 16.8 Å². The minimum atomic E-state index is -0.0462. The number of anilines is 4. The van der Waals surface area contributed by atoms with Gasteiger partial charge < -0.3 is 16.8 Å². The van der Waals surface area contributed by atoms with E-state index in [4.69, 9.17) is 11.5 Å². The molecule has 0 atom stereocenters. The van der Waals surface area contributed by atoms with Gasteiger partial charge in [0.2, 0.25) is 5.95 Å². The van der Waals surface area contributed by atoms with Gasteiger partial charge in [-0.05, 0) is 36.2 Å². The van der Waals surface area contributed by atoms with Gasteiger partial charge in [-0.25, -0.2) is 0 Å². The molecule has 2 rings (SSSR count). The number of hydrogen-bond donors (Lipinski definition) is 3. The number of nitrogens with zero attached hydrogens (tertiary/aromatic N) is 3. The van der Waals surface area contributed by atoms with Gasteiger partial charge in [0.1, 0.15) is 0 Å². The van der Waals surface area contributed by atoms with Gasteiger partial charge in [-0.3, -0.25) is 0 Å². The smallest absolute Gasteiger partial charge is 0.224 e. The molecule has 0 saturated carbocycles. The van der Waals surface area contributed by atoms with Gasteiger partial charge in [0.05, 0.1) is 0 Å². The first-order chi connectivity index (χ1) is 9.02. The van der Waals surface area contributed by atoms with Gasteiger partial charge in [-0.2, -0.15) is 9.97 Å². The van der Waals surface area contributed by atoms with Crippen LogP contribution in [0.25, 0.3) is 0 Å². The molecule has 0 aliphatic rings. The third kappa shape index (κ3) is 2.44. The van der Waals surface area contributed by atoms with Gasteiger partial charge in [0.25, 0.3) is 0 Å². The fourth-order valence-electron chi connectivity index (χ4n) is 1.68. The van der Waals surface area contributed by atoms with Crippen LogP contribution < -0.4 is 16.8 Å². The highest BCUT2D eigenvalue weighted by molar-refractivity contribution is 5.78. The SMILES string of the molecule is Cc1cccc(Nc2nc(N)nc(N)c2N=O)c1C. The van der Waals surface area contributed by atoms with Crippen LogP contribution in [0.15, 0.2) is 23.4 Å². The number of nitrogens with two attached hydrogens (primary N) is 2. The number of aryl methyl sites for hydroxylation is 1. The van der Waals surface area contributed by atoms with E-state index in [2.05, 4.69) is 20.5 Å². The maximum Gasteiger partial charge on any atom is 0.224 e. The molecule has 7 nitrogen and oxygen atoms in total. The largest absolute Gasteiger partial charge is 0.382 e. The van der Waals surface area contributed by atoms with E-state index < -0.39 is 0 Å². The first kappa shape index (κ1) is 12.7. The summed E-state index contributed by atoms with van der Waals surface area (Å²) in [4.78, 5) is 18.5. The van der Waals surface area contributed by atoms with E-state index in [9.17, 15) is 4.91 Å². The van der Waals surface area contributed by atoms with Crippen molar-refractivity contribution in [3.8, 4) is 0 Å². The Morgan fingerprint density at radius 3 is 2.63 bits per heavy atom. The van der Waals surface area contributed by atoms with Gasteiger partial charge in [0, 0.05) is 5.69 Å². The van der Waals surface area contributed by atoms with Crippen molar-refractivity contribution in [3.63, 3.8) is 0 Å². The Kier molecular flexibility index (Phi) is 3.28. The number of nitrogen functional groups attached to an aromatic ring is 2. The quantitative estimate of drug-likeness (QED) is 0.727. The van der Waals surface area contributed by atoms with E-state index >= 15 is 0 Å². The Morgan fingerprint density at radius 2 is 1.95 bits per heavy atom. The van der Waals surface area contributed by atoms with Gasteiger partial charge in [-0.1, -0.05) is 12.1 Å². The van der Waals surface area contributed by atoms with E-state index in [1.54, 1.807) is 0 Å². The van der Waals surface area contributed by atoms with E-state index in [0.29, 0.717) is 0 Å². The highest BCUT2D eigenvalue weighted by Gasteiger charge is 2.13. The normalized spacial score (nSPS) is 10.2. The maximum absolute atomic E-state index is 10.8. The summed E-state index contributed by atoms with van der Waals surface area (Å²) in [7, 11) is 0. The molecule has 98 valence electrons. The predicted molar refractivity (Wildman–Crippen MR) is 75.5 cm³/mol. The highest BCUT2D eigenvalue weighted by atomic mass is 16.3. The predicted octanol–water partition coefficient (Wildman–Crippen LogP) is 2.40. The van der Waals surface area contributed by atoms with Crippen LogP contribution in [0.5, 0.6) is 0 Å². The minimum Gasteiger partial charge on any atom is -0.382 e. The second-order valence-corrected chi connectivity index (χ2v) is 4.13. The van der Waals surface area contributed by atoms with E-state index in [1.807, 2.05) is 32.0 Å². The van der Waals surface area contributed by atoms with Crippen molar-refractivity contribution in [1.82, 2.24) is 9.97 Å². The molecule has 0 aliphatic carbocycles. The first-order valence-corrected chi connectivity index (χ1v) is 5.62. The number of aromatic nitrogens is 2. The minimum absolute atomic E-state index is 0.0160. The summed E-state index contributed by atoms with van der Waals surface area (Å²) in [6, 6.07) is 5.75. The number of rotatable bonds is 3. The first-order valence-electron chi connectivity index (χ1n) is 5.62. The van der Waals surface area contributed by atoms with Crippen molar-refractivity contribution in [1.29, 1.82) is 0 Å². The Morgan fingerprint density at radius 1 is 1.21 bits per heavy atom. The maximum atomic E-state index is 10.8. The second-order valence-electron chi connectivity index (χ2n) is 4.13. The molecule has 0 bridgehead atoms. The lowest BCUT2D eigenvalue weighted by Gasteiger charge is -2.12. The molecule has 2 aromatic rings. The summed E-state index contributed by atoms with van der Waals surface area (Å²) in [6.45, 7) is 3.95. The van der Waals surface area contributed by atoms with E-state index in [-0.39, 0.29) is 23.3 Å². The van der Waals surface area contributed by atoms with Crippen molar-refractivity contribution in [3.05, 3.63) is 34.2 Å². The zero-order chi connectivity index (χ0) is 14.0. The summed E-state index contributed by atoms with van der Waals surface area (Å²) in [5.74, 6) is 0.140. The fourth-order valence-corrected chi connectivity index (χ4v) is 1.68. The summed E-state index contributed by atoms with van der Waals surface area (Å²) in [6.07, 6.45) is 0. The zero-order valence-electron chi connectivity index (χ0n) is 10.6. The average Bonchev–Trinajstić information content (AvgIpc) is 2.34. The van der Waals surface area contributed by atoms with E-state index in [1.165, 1.54) is 0 Å². The Labute approximate surface area is 110 Å². The molecule has 0 spiro atoms. The van der Waals surface area contributed by atoms with Crippen LogP contribution in [-0.4, -0.2) is 9.97 Å².